The quantitative estimate of drug-likeness (QED) is 0.335. The van der Waals surface area contributed by atoms with Crippen LogP contribution < -0.4 is 10.9 Å². The molecular formula is C21H27N5O5. The van der Waals surface area contributed by atoms with Gasteiger partial charge in [0.2, 0.25) is 0 Å². The van der Waals surface area contributed by atoms with Crippen molar-refractivity contribution in [1.29, 1.82) is 0 Å². The molecule has 1 heterocycles. The molecule has 2 rings (SSSR count). The number of nitrogens with one attached hydrogen (secondary N) is 2. The zero-order valence-corrected chi connectivity index (χ0v) is 18.1. The van der Waals surface area contributed by atoms with Gasteiger partial charge in [0.1, 0.15) is 18.8 Å². The Morgan fingerprint density at radius 1 is 1.13 bits per heavy atom. The lowest BCUT2D eigenvalue weighted by Gasteiger charge is -2.11. The van der Waals surface area contributed by atoms with E-state index >= 15 is 0 Å². The molecule has 10 nitrogen and oxygen atoms in total. The van der Waals surface area contributed by atoms with Gasteiger partial charge >= 0.3 is 12.1 Å². The maximum atomic E-state index is 11.4. The lowest BCUT2D eigenvalue weighted by atomic mass is 10.0. The Hall–Kier alpha value is -3.69. The van der Waals surface area contributed by atoms with Crippen LogP contribution in [-0.4, -0.2) is 49.6 Å². The summed E-state index contributed by atoms with van der Waals surface area (Å²) in [7, 11) is 4.13. The number of benzene rings is 1. The number of esters is 1. The number of ether oxygens (including phenoxy) is 2. The first-order valence-corrected chi connectivity index (χ1v) is 9.64. The Balaban J connectivity index is 2.20. The molecule has 0 saturated carbocycles. The standard InChI is InChI=1S/C21H27N5O5/c1-14-10-15(8-9-16(14)13-22-31-4)11-18-23-17(6-5-7-20(27)29-2)12-19(24-18)25-26-21(28)30-3/h8-10,12-13H,5-7,11H2,1-4H3,(H,26,28)(H,23,24,25)/b22-13+. The molecule has 0 radical (unpaired) electrons. The lowest BCUT2D eigenvalue weighted by Crippen LogP contribution is -2.29. The van der Waals surface area contributed by atoms with Crippen LogP contribution >= 0.6 is 0 Å². The predicted molar refractivity (Wildman–Crippen MR) is 115 cm³/mol. The van der Waals surface area contributed by atoms with E-state index in [0.29, 0.717) is 37.3 Å². The molecule has 10 heteroatoms. The molecule has 0 fully saturated rings. The van der Waals surface area contributed by atoms with Gasteiger partial charge in [-0.2, -0.15) is 0 Å². The molecule has 2 aromatic rings. The molecular weight excluding hydrogens is 402 g/mol. The molecule has 1 amide bonds. The van der Waals surface area contributed by atoms with Crippen molar-refractivity contribution in [1.82, 2.24) is 15.4 Å². The number of hydrogen-bond donors (Lipinski definition) is 2. The van der Waals surface area contributed by atoms with Crippen molar-refractivity contribution in [3.05, 3.63) is 52.5 Å². The Morgan fingerprint density at radius 3 is 2.61 bits per heavy atom. The summed E-state index contributed by atoms with van der Waals surface area (Å²) in [5, 5.41) is 3.79. The van der Waals surface area contributed by atoms with Gasteiger partial charge in [-0.25, -0.2) is 20.2 Å². The molecule has 166 valence electrons. The molecule has 0 spiro atoms. The van der Waals surface area contributed by atoms with Crippen LogP contribution in [0.5, 0.6) is 0 Å². The summed E-state index contributed by atoms with van der Waals surface area (Å²) in [6, 6.07) is 7.67. The van der Waals surface area contributed by atoms with E-state index in [0.717, 1.165) is 22.4 Å². The summed E-state index contributed by atoms with van der Waals surface area (Å²) in [5.41, 5.74) is 8.85. The predicted octanol–water partition coefficient (Wildman–Crippen LogP) is 2.53. The summed E-state index contributed by atoms with van der Waals surface area (Å²) in [5.74, 6) is 0.721. The van der Waals surface area contributed by atoms with E-state index in [-0.39, 0.29) is 5.97 Å². The number of nitrogens with zero attached hydrogens (tertiary/aromatic N) is 3. The van der Waals surface area contributed by atoms with E-state index < -0.39 is 6.09 Å². The number of carbonyl (C=O) groups excluding carboxylic acids is 2. The molecule has 1 aromatic heterocycles. The number of hydrogen-bond acceptors (Lipinski definition) is 9. The molecule has 0 atom stereocenters. The number of aryl methyl sites for hydroxylation is 2. The third-order valence-electron chi connectivity index (χ3n) is 4.34. The van der Waals surface area contributed by atoms with Crippen molar-refractivity contribution in [3.8, 4) is 0 Å². The monoisotopic (exact) mass is 429 g/mol. The lowest BCUT2D eigenvalue weighted by molar-refractivity contribution is -0.140. The largest absolute Gasteiger partial charge is 0.469 e. The molecule has 0 aliphatic heterocycles. The van der Waals surface area contributed by atoms with Crippen molar-refractivity contribution in [3.63, 3.8) is 0 Å². The maximum absolute atomic E-state index is 11.4. The number of amides is 1. The van der Waals surface area contributed by atoms with E-state index in [1.165, 1.54) is 21.3 Å². The number of rotatable bonds is 10. The van der Waals surface area contributed by atoms with Gasteiger partial charge in [0.25, 0.3) is 0 Å². The molecule has 0 aliphatic rings. The SMILES string of the molecule is CO/N=C/c1ccc(Cc2nc(CCCC(=O)OC)cc(NNC(=O)OC)n2)cc1C. The second-order valence-corrected chi connectivity index (χ2v) is 6.62. The van der Waals surface area contributed by atoms with Crippen LogP contribution in [0.25, 0.3) is 0 Å². The van der Waals surface area contributed by atoms with Crippen LogP contribution in [0.2, 0.25) is 0 Å². The molecule has 31 heavy (non-hydrogen) atoms. The van der Waals surface area contributed by atoms with Crippen molar-refractivity contribution in [2.45, 2.75) is 32.6 Å². The molecule has 1 aromatic carbocycles. The zero-order valence-electron chi connectivity index (χ0n) is 18.1. The van der Waals surface area contributed by atoms with E-state index in [1.54, 1.807) is 12.3 Å². The van der Waals surface area contributed by atoms with Crippen LogP contribution in [0.15, 0.2) is 29.4 Å². The summed E-state index contributed by atoms with van der Waals surface area (Å²) < 4.78 is 9.23. The van der Waals surface area contributed by atoms with Crippen molar-refractivity contribution >= 4 is 24.1 Å². The number of aromatic nitrogens is 2. The Labute approximate surface area is 181 Å². The molecule has 0 saturated heterocycles. The van der Waals surface area contributed by atoms with Gasteiger partial charge in [-0.05, 0) is 36.5 Å². The molecule has 2 N–H and O–H groups in total. The first-order chi connectivity index (χ1) is 14.9. The first kappa shape index (κ1) is 23.6. The van der Waals surface area contributed by atoms with Crippen LogP contribution in [-0.2, 0) is 31.9 Å². The average molecular weight is 429 g/mol. The summed E-state index contributed by atoms with van der Waals surface area (Å²) in [6.07, 6.45) is 2.93. The first-order valence-electron chi connectivity index (χ1n) is 9.64. The fraction of sp³-hybridized carbons (Fsp3) is 0.381. The molecule has 0 aliphatic carbocycles. The summed E-state index contributed by atoms with van der Waals surface area (Å²) in [4.78, 5) is 36.5. The smallest absolute Gasteiger partial charge is 0.425 e. The van der Waals surface area contributed by atoms with Gasteiger partial charge in [-0.3, -0.25) is 10.2 Å². The van der Waals surface area contributed by atoms with Gasteiger partial charge in [0.05, 0.1) is 20.4 Å². The second kappa shape index (κ2) is 12.1. The van der Waals surface area contributed by atoms with E-state index in [1.807, 2.05) is 25.1 Å². The highest BCUT2D eigenvalue weighted by atomic mass is 16.6. The van der Waals surface area contributed by atoms with E-state index in [2.05, 4.69) is 35.4 Å². The highest BCUT2D eigenvalue weighted by Gasteiger charge is 2.09. The van der Waals surface area contributed by atoms with Gasteiger partial charge in [-0.15, -0.1) is 0 Å². The fourth-order valence-electron chi connectivity index (χ4n) is 2.79. The van der Waals surface area contributed by atoms with Gasteiger partial charge in [0, 0.05) is 24.6 Å². The highest BCUT2D eigenvalue weighted by Crippen LogP contribution is 2.15. The topological polar surface area (TPSA) is 124 Å². The van der Waals surface area contributed by atoms with Crippen LogP contribution in [0.1, 0.15) is 41.1 Å². The van der Waals surface area contributed by atoms with Crippen molar-refractivity contribution < 1.29 is 23.9 Å². The van der Waals surface area contributed by atoms with Gasteiger partial charge < -0.3 is 14.3 Å². The third-order valence-corrected chi connectivity index (χ3v) is 4.34. The number of hydrazine groups is 1. The Kier molecular flexibility index (Phi) is 9.21. The maximum Gasteiger partial charge on any atom is 0.425 e. The highest BCUT2D eigenvalue weighted by molar-refractivity contribution is 5.81. The van der Waals surface area contributed by atoms with E-state index in [9.17, 15) is 9.59 Å². The minimum Gasteiger partial charge on any atom is -0.469 e. The van der Waals surface area contributed by atoms with Gasteiger partial charge in [0.15, 0.2) is 0 Å². The number of methoxy groups -OCH3 is 2. The second-order valence-electron chi connectivity index (χ2n) is 6.62. The molecule has 0 unspecified atom stereocenters. The Morgan fingerprint density at radius 2 is 1.94 bits per heavy atom. The van der Waals surface area contributed by atoms with Gasteiger partial charge in [-0.1, -0.05) is 23.4 Å². The van der Waals surface area contributed by atoms with E-state index in [4.69, 9.17) is 4.84 Å². The van der Waals surface area contributed by atoms with Crippen LogP contribution in [0, 0.1) is 6.92 Å². The van der Waals surface area contributed by atoms with Crippen LogP contribution in [0.3, 0.4) is 0 Å². The summed E-state index contributed by atoms with van der Waals surface area (Å²) >= 11 is 0. The Bertz CT molecular complexity index is 932. The number of anilines is 1. The zero-order chi connectivity index (χ0) is 22.6. The molecule has 0 bridgehead atoms. The minimum absolute atomic E-state index is 0.271. The fourth-order valence-corrected chi connectivity index (χ4v) is 2.79. The number of oxime groups is 1. The average Bonchev–Trinajstić information content (AvgIpc) is 2.76. The van der Waals surface area contributed by atoms with Crippen molar-refractivity contribution in [2.24, 2.45) is 5.16 Å². The minimum atomic E-state index is -0.642. The van der Waals surface area contributed by atoms with Crippen LogP contribution in [0.4, 0.5) is 10.6 Å². The van der Waals surface area contributed by atoms with Crippen molar-refractivity contribution in [2.75, 3.05) is 26.8 Å². The number of carbonyl (C=O) groups is 2. The summed E-state index contributed by atoms with van der Waals surface area (Å²) in [6.45, 7) is 1.98. The third kappa shape index (κ3) is 7.92. The normalized spacial score (nSPS) is 10.6.